The van der Waals surface area contributed by atoms with Gasteiger partial charge in [0.15, 0.2) is 0 Å². The Morgan fingerprint density at radius 2 is 2.10 bits per heavy atom. The number of aromatic nitrogens is 5. The lowest BCUT2D eigenvalue weighted by molar-refractivity contribution is 0.288. The van der Waals surface area contributed by atoms with E-state index in [0.717, 1.165) is 35.3 Å². The van der Waals surface area contributed by atoms with E-state index in [1.54, 1.807) is 0 Å². The lowest BCUT2D eigenvalue weighted by atomic mass is 10.2. The molecule has 6 nitrogen and oxygen atoms in total. The topological polar surface area (TPSA) is 68.8 Å². The molecule has 0 aliphatic heterocycles. The Morgan fingerprint density at radius 1 is 1.24 bits per heavy atom. The van der Waals surface area contributed by atoms with Crippen LogP contribution in [0.1, 0.15) is 24.7 Å². The van der Waals surface area contributed by atoms with Gasteiger partial charge in [-0.2, -0.15) is 5.10 Å². The number of fused-ring (bicyclic) bond motifs is 1. The van der Waals surface area contributed by atoms with E-state index in [1.165, 1.54) is 0 Å². The highest BCUT2D eigenvalue weighted by Crippen LogP contribution is 2.19. The zero-order chi connectivity index (χ0) is 14.7. The van der Waals surface area contributed by atoms with Gasteiger partial charge in [0.05, 0.1) is 23.4 Å². The Kier molecular flexibility index (Phi) is 3.96. The number of benzene rings is 1. The molecule has 0 spiro atoms. The number of hydrogen-bond donors (Lipinski definition) is 1. The molecule has 1 N–H and O–H groups in total. The minimum Gasteiger partial charge on any atom is -0.396 e. The fraction of sp³-hybridized carbons (Fsp3) is 0.400. The predicted molar refractivity (Wildman–Crippen MR) is 79.9 cm³/mol. The van der Waals surface area contributed by atoms with Crippen molar-refractivity contribution >= 4 is 10.9 Å². The molecule has 2 heterocycles. The molecular weight excluding hydrogens is 266 g/mol. The molecule has 0 atom stereocenters. The summed E-state index contributed by atoms with van der Waals surface area (Å²) < 4.78 is 3.82. The van der Waals surface area contributed by atoms with Gasteiger partial charge in [-0.05, 0) is 25.8 Å². The third-order valence-electron chi connectivity index (χ3n) is 3.52. The summed E-state index contributed by atoms with van der Waals surface area (Å²) in [4.78, 5) is 0. The van der Waals surface area contributed by atoms with E-state index < -0.39 is 0 Å². The lowest BCUT2D eigenvalue weighted by Crippen LogP contribution is -2.03. The Morgan fingerprint density at radius 3 is 2.90 bits per heavy atom. The van der Waals surface area contributed by atoms with Crippen LogP contribution in [0.25, 0.3) is 10.9 Å². The predicted octanol–water partition coefficient (Wildman–Crippen LogP) is 1.62. The molecule has 0 unspecified atom stereocenters. The molecular formula is C15H19N5O. The first-order chi connectivity index (χ1) is 10.3. The van der Waals surface area contributed by atoms with Crippen molar-refractivity contribution in [1.82, 2.24) is 24.8 Å². The van der Waals surface area contributed by atoms with Crippen molar-refractivity contribution in [1.29, 1.82) is 0 Å². The average Bonchev–Trinajstić information content (AvgIpc) is 3.10. The highest BCUT2D eigenvalue weighted by molar-refractivity contribution is 5.81. The number of rotatable bonds is 6. The Balaban J connectivity index is 1.86. The summed E-state index contributed by atoms with van der Waals surface area (Å²) in [7, 11) is 0. The van der Waals surface area contributed by atoms with Crippen LogP contribution in [0.3, 0.4) is 0 Å². The molecule has 110 valence electrons. The Bertz CT molecular complexity index is 731. The van der Waals surface area contributed by atoms with Gasteiger partial charge in [-0.3, -0.25) is 4.68 Å². The highest BCUT2D eigenvalue weighted by atomic mass is 16.2. The van der Waals surface area contributed by atoms with E-state index in [9.17, 15) is 0 Å². The SMILES string of the molecule is CCn1nc(Cn2cc(CCCO)nn2)c2ccccc21. The van der Waals surface area contributed by atoms with Crippen molar-refractivity contribution in [3.05, 3.63) is 41.9 Å². The van der Waals surface area contributed by atoms with Crippen LogP contribution in [0.5, 0.6) is 0 Å². The van der Waals surface area contributed by atoms with Gasteiger partial charge in [-0.1, -0.05) is 23.4 Å². The van der Waals surface area contributed by atoms with E-state index in [0.29, 0.717) is 13.0 Å². The van der Waals surface area contributed by atoms with Crippen molar-refractivity contribution in [3.63, 3.8) is 0 Å². The second-order valence-corrected chi connectivity index (χ2v) is 5.01. The molecule has 0 radical (unpaired) electrons. The van der Waals surface area contributed by atoms with Crippen LogP contribution < -0.4 is 0 Å². The fourth-order valence-electron chi connectivity index (χ4n) is 2.50. The van der Waals surface area contributed by atoms with Crippen LogP contribution in [-0.4, -0.2) is 36.5 Å². The molecule has 0 aliphatic rings. The minimum absolute atomic E-state index is 0.179. The normalized spacial score (nSPS) is 11.3. The number of aliphatic hydroxyl groups excluding tert-OH is 1. The van der Waals surface area contributed by atoms with Gasteiger partial charge < -0.3 is 5.11 Å². The first kappa shape index (κ1) is 13.8. The fourth-order valence-corrected chi connectivity index (χ4v) is 2.50. The van der Waals surface area contributed by atoms with Crippen LogP contribution in [0.2, 0.25) is 0 Å². The van der Waals surface area contributed by atoms with E-state index in [1.807, 2.05) is 27.7 Å². The molecule has 3 rings (SSSR count). The van der Waals surface area contributed by atoms with Crippen molar-refractivity contribution in [2.75, 3.05) is 6.61 Å². The second-order valence-electron chi connectivity index (χ2n) is 5.01. The molecule has 21 heavy (non-hydrogen) atoms. The number of para-hydroxylation sites is 1. The summed E-state index contributed by atoms with van der Waals surface area (Å²) in [6, 6.07) is 8.24. The minimum atomic E-state index is 0.179. The van der Waals surface area contributed by atoms with Gasteiger partial charge in [0.1, 0.15) is 0 Å². The lowest BCUT2D eigenvalue weighted by Gasteiger charge is -1.97. The number of hydrogen-bond acceptors (Lipinski definition) is 4. The quantitative estimate of drug-likeness (QED) is 0.747. The van der Waals surface area contributed by atoms with Crippen LogP contribution in [0.15, 0.2) is 30.5 Å². The first-order valence-corrected chi connectivity index (χ1v) is 7.26. The summed E-state index contributed by atoms with van der Waals surface area (Å²) in [5.41, 5.74) is 3.06. The molecule has 6 heteroatoms. The monoisotopic (exact) mass is 285 g/mol. The van der Waals surface area contributed by atoms with Crippen molar-refractivity contribution < 1.29 is 5.11 Å². The van der Waals surface area contributed by atoms with Crippen LogP contribution in [0, 0.1) is 0 Å². The van der Waals surface area contributed by atoms with Gasteiger partial charge in [0.25, 0.3) is 0 Å². The Labute approximate surface area is 123 Å². The maximum atomic E-state index is 8.85. The molecule has 2 aromatic heterocycles. The maximum absolute atomic E-state index is 8.85. The van der Waals surface area contributed by atoms with Gasteiger partial charge in [0, 0.05) is 24.7 Å². The molecule has 0 aliphatic carbocycles. The van der Waals surface area contributed by atoms with E-state index in [-0.39, 0.29) is 6.61 Å². The van der Waals surface area contributed by atoms with Crippen LogP contribution in [-0.2, 0) is 19.5 Å². The number of aliphatic hydroxyl groups is 1. The van der Waals surface area contributed by atoms with Gasteiger partial charge in [0.2, 0.25) is 0 Å². The summed E-state index contributed by atoms with van der Waals surface area (Å²) in [5, 5.41) is 22.9. The van der Waals surface area contributed by atoms with Crippen molar-refractivity contribution in [3.8, 4) is 0 Å². The van der Waals surface area contributed by atoms with Gasteiger partial charge >= 0.3 is 0 Å². The molecule has 1 aromatic carbocycles. The standard InChI is InChI=1S/C15H19N5O/c1-2-20-15-8-4-3-7-13(15)14(17-20)11-19-10-12(16-18-19)6-5-9-21/h3-4,7-8,10,21H,2,5-6,9,11H2,1H3. The summed E-state index contributed by atoms with van der Waals surface area (Å²) in [6.45, 7) is 3.73. The molecule has 0 fully saturated rings. The van der Waals surface area contributed by atoms with E-state index in [2.05, 4.69) is 34.5 Å². The maximum Gasteiger partial charge on any atom is 0.0918 e. The Hall–Kier alpha value is -2.21. The van der Waals surface area contributed by atoms with E-state index >= 15 is 0 Å². The largest absolute Gasteiger partial charge is 0.396 e. The van der Waals surface area contributed by atoms with Gasteiger partial charge in [-0.15, -0.1) is 5.10 Å². The third kappa shape index (κ3) is 2.80. The smallest absolute Gasteiger partial charge is 0.0918 e. The summed E-state index contributed by atoms with van der Waals surface area (Å²) in [5.74, 6) is 0. The molecule has 0 saturated carbocycles. The second kappa shape index (κ2) is 6.05. The molecule has 0 saturated heterocycles. The average molecular weight is 285 g/mol. The first-order valence-electron chi connectivity index (χ1n) is 7.26. The molecule has 0 amide bonds. The summed E-state index contributed by atoms with van der Waals surface area (Å²) in [6.07, 6.45) is 3.39. The molecule has 3 aromatic rings. The zero-order valence-corrected chi connectivity index (χ0v) is 12.1. The van der Waals surface area contributed by atoms with Gasteiger partial charge in [-0.25, -0.2) is 4.68 Å². The number of aryl methyl sites for hydroxylation is 2. The highest BCUT2D eigenvalue weighted by Gasteiger charge is 2.10. The van der Waals surface area contributed by atoms with Crippen molar-refractivity contribution in [2.24, 2.45) is 0 Å². The third-order valence-corrected chi connectivity index (χ3v) is 3.52. The number of nitrogens with zero attached hydrogens (tertiary/aromatic N) is 5. The molecule has 0 bridgehead atoms. The van der Waals surface area contributed by atoms with Crippen molar-refractivity contribution in [2.45, 2.75) is 32.9 Å². The van der Waals surface area contributed by atoms with Crippen LogP contribution >= 0.6 is 0 Å². The zero-order valence-electron chi connectivity index (χ0n) is 12.1. The van der Waals surface area contributed by atoms with E-state index in [4.69, 9.17) is 5.11 Å². The van der Waals surface area contributed by atoms with Crippen LogP contribution in [0.4, 0.5) is 0 Å². The summed E-state index contributed by atoms with van der Waals surface area (Å²) >= 11 is 0.